The summed E-state index contributed by atoms with van der Waals surface area (Å²) < 4.78 is 1.79. The van der Waals surface area contributed by atoms with Gasteiger partial charge in [0, 0.05) is 6.42 Å². The molecule has 68 valence electrons. The molecule has 0 aliphatic rings. The van der Waals surface area contributed by atoms with Crippen molar-refractivity contribution in [2.24, 2.45) is 0 Å². The van der Waals surface area contributed by atoms with Crippen LogP contribution >= 0.6 is 0 Å². The predicted octanol–water partition coefficient (Wildman–Crippen LogP) is 1.18. The molecule has 0 spiro atoms. The molecule has 2 N–H and O–H groups in total. The summed E-state index contributed by atoms with van der Waals surface area (Å²) in [7, 11) is 0. The van der Waals surface area contributed by atoms with Crippen molar-refractivity contribution in [2.75, 3.05) is 5.73 Å². The summed E-state index contributed by atoms with van der Waals surface area (Å²) in [5.74, 6) is 0.855. The monoisotopic (exact) mass is 176 g/mol. The van der Waals surface area contributed by atoms with Crippen LogP contribution in [0.3, 0.4) is 0 Å². The van der Waals surface area contributed by atoms with E-state index in [1.54, 1.807) is 4.52 Å². The second-order valence-corrected chi connectivity index (χ2v) is 3.03. The van der Waals surface area contributed by atoms with Gasteiger partial charge in [0.15, 0.2) is 11.5 Å². The normalized spacial score (nSPS) is 10.9. The van der Waals surface area contributed by atoms with Crippen LogP contribution < -0.4 is 5.73 Å². The molecule has 0 saturated heterocycles. The number of nitrogen functional groups attached to an aromatic ring is 1. The second kappa shape index (κ2) is 2.73. The van der Waals surface area contributed by atoms with Crippen LogP contribution in [0.15, 0.2) is 12.1 Å². The molecular weight excluding hydrogens is 164 g/mol. The van der Waals surface area contributed by atoms with E-state index in [0.29, 0.717) is 0 Å². The van der Waals surface area contributed by atoms with Gasteiger partial charge in [-0.2, -0.15) is 5.10 Å². The van der Waals surface area contributed by atoms with Gasteiger partial charge in [0.1, 0.15) is 0 Å². The van der Waals surface area contributed by atoms with E-state index in [-0.39, 0.29) is 0 Å². The van der Waals surface area contributed by atoms with E-state index in [1.165, 1.54) is 0 Å². The Labute approximate surface area is 76.4 Å². The molecule has 0 fully saturated rings. The van der Waals surface area contributed by atoms with Crippen LogP contribution in [0.1, 0.15) is 18.4 Å². The summed E-state index contributed by atoms with van der Waals surface area (Å²) in [5, 5.41) is 4.32. The van der Waals surface area contributed by atoms with Gasteiger partial charge in [-0.05, 0) is 19.1 Å². The highest BCUT2D eigenvalue weighted by atomic mass is 15.3. The zero-order valence-corrected chi connectivity index (χ0v) is 7.78. The Morgan fingerprint density at radius 1 is 1.46 bits per heavy atom. The Hall–Kier alpha value is -1.58. The zero-order valence-electron chi connectivity index (χ0n) is 7.78. The van der Waals surface area contributed by atoms with Crippen molar-refractivity contribution in [1.29, 1.82) is 0 Å². The topological polar surface area (TPSA) is 56.2 Å². The van der Waals surface area contributed by atoms with E-state index in [2.05, 4.69) is 10.1 Å². The summed E-state index contributed by atoms with van der Waals surface area (Å²) >= 11 is 0. The summed E-state index contributed by atoms with van der Waals surface area (Å²) in [4.78, 5) is 4.33. The Morgan fingerprint density at radius 2 is 2.23 bits per heavy atom. The fourth-order valence-electron chi connectivity index (χ4n) is 1.28. The van der Waals surface area contributed by atoms with Gasteiger partial charge in [-0.3, -0.25) is 0 Å². The van der Waals surface area contributed by atoms with Gasteiger partial charge in [0.05, 0.1) is 11.4 Å². The number of aryl methyl sites for hydroxylation is 2. The van der Waals surface area contributed by atoms with Crippen LogP contribution in [-0.4, -0.2) is 14.6 Å². The first-order valence-corrected chi connectivity index (χ1v) is 4.33. The fraction of sp³-hybridized carbons (Fsp3) is 0.333. The van der Waals surface area contributed by atoms with Crippen molar-refractivity contribution in [3.05, 3.63) is 23.7 Å². The largest absolute Gasteiger partial charge is 0.397 e. The van der Waals surface area contributed by atoms with Crippen LogP contribution in [-0.2, 0) is 6.42 Å². The molecule has 2 heterocycles. The maximum atomic E-state index is 5.75. The van der Waals surface area contributed by atoms with Gasteiger partial charge in [-0.25, -0.2) is 9.50 Å². The van der Waals surface area contributed by atoms with Gasteiger partial charge in [0.2, 0.25) is 0 Å². The Balaban J connectivity index is 2.76. The molecule has 2 rings (SSSR count). The maximum absolute atomic E-state index is 5.75. The lowest BCUT2D eigenvalue weighted by molar-refractivity contribution is 0.862. The van der Waals surface area contributed by atoms with Crippen LogP contribution in [0.2, 0.25) is 0 Å². The molecule has 0 aromatic carbocycles. The summed E-state index contributed by atoms with van der Waals surface area (Å²) in [6.45, 7) is 3.98. The molecule has 4 heteroatoms. The molecule has 13 heavy (non-hydrogen) atoms. The third kappa shape index (κ3) is 1.14. The van der Waals surface area contributed by atoms with Gasteiger partial charge in [0.25, 0.3) is 0 Å². The molecule has 2 aromatic rings. The van der Waals surface area contributed by atoms with Crippen molar-refractivity contribution in [3.8, 4) is 0 Å². The molecular formula is C9H12N4. The van der Waals surface area contributed by atoms with Crippen molar-refractivity contribution in [1.82, 2.24) is 14.6 Å². The zero-order chi connectivity index (χ0) is 9.42. The first kappa shape index (κ1) is 8.04. The third-order valence-corrected chi connectivity index (χ3v) is 2.14. The lowest BCUT2D eigenvalue weighted by atomic mass is 10.3. The Bertz CT molecular complexity index is 444. The van der Waals surface area contributed by atoms with Crippen molar-refractivity contribution in [2.45, 2.75) is 20.3 Å². The Kier molecular flexibility index (Phi) is 1.69. The van der Waals surface area contributed by atoms with Crippen molar-refractivity contribution in [3.63, 3.8) is 0 Å². The summed E-state index contributed by atoms with van der Waals surface area (Å²) in [6, 6.07) is 3.74. The number of fused-ring (bicyclic) bond motifs is 1. The average Bonchev–Trinajstić information content (AvgIpc) is 2.55. The number of rotatable bonds is 1. The van der Waals surface area contributed by atoms with E-state index >= 15 is 0 Å². The first-order chi connectivity index (χ1) is 6.22. The van der Waals surface area contributed by atoms with Crippen molar-refractivity contribution >= 4 is 11.3 Å². The van der Waals surface area contributed by atoms with Crippen LogP contribution in [0.5, 0.6) is 0 Å². The standard InChI is InChI=1S/C9H12N4/c1-3-8-11-9-5-4-7(10)6(2)13(9)12-8/h4-5H,3,10H2,1-2H3. The van der Waals surface area contributed by atoms with E-state index in [1.807, 2.05) is 26.0 Å². The predicted molar refractivity (Wildman–Crippen MR) is 51.5 cm³/mol. The lowest BCUT2D eigenvalue weighted by Gasteiger charge is -2.00. The molecule has 0 aliphatic heterocycles. The van der Waals surface area contributed by atoms with E-state index < -0.39 is 0 Å². The van der Waals surface area contributed by atoms with E-state index in [4.69, 9.17) is 5.73 Å². The van der Waals surface area contributed by atoms with Crippen LogP contribution in [0.4, 0.5) is 5.69 Å². The van der Waals surface area contributed by atoms with Gasteiger partial charge < -0.3 is 5.73 Å². The van der Waals surface area contributed by atoms with Gasteiger partial charge in [-0.1, -0.05) is 6.92 Å². The van der Waals surface area contributed by atoms with Crippen LogP contribution in [0, 0.1) is 6.92 Å². The second-order valence-electron chi connectivity index (χ2n) is 3.03. The number of nitrogens with zero attached hydrogens (tertiary/aromatic N) is 3. The molecule has 0 bridgehead atoms. The molecule has 2 aromatic heterocycles. The molecule has 0 atom stereocenters. The maximum Gasteiger partial charge on any atom is 0.156 e. The highest BCUT2D eigenvalue weighted by Gasteiger charge is 2.04. The third-order valence-electron chi connectivity index (χ3n) is 2.14. The number of hydrogen-bond acceptors (Lipinski definition) is 3. The van der Waals surface area contributed by atoms with Crippen molar-refractivity contribution < 1.29 is 0 Å². The number of hydrogen-bond donors (Lipinski definition) is 1. The SMILES string of the molecule is CCc1nc2ccc(N)c(C)n2n1. The lowest BCUT2D eigenvalue weighted by Crippen LogP contribution is -1.99. The molecule has 0 amide bonds. The molecule has 0 aliphatic carbocycles. The number of anilines is 1. The number of pyridine rings is 1. The van der Waals surface area contributed by atoms with Gasteiger partial charge >= 0.3 is 0 Å². The smallest absolute Gasteiger partial charge is 0.156 e. The summed E-state index contributed by atoms with van der Waals surface area (Å²) in [5.41, 5.74) is 8.31. The minimum Gasteiger partial charge on any atom is -0.397 e. The average molecular weight is 176 g/mol. The quantitative estimate of drug-likeness (QED) is 0.709. The first-order valence-electron chi connectivity index (χ1n) is 4.33. The highest BCUT2D eigenvalue weighted by molar-refractivity contribution is 5.51. The van der Waals surface area contributed by atoms with E-state index in [9.17, 15) is 0 Å². The van der Waals surface area contributed by atoms with Crippen LogP contribution in [0.25, 0.3) is 5.65 Å². The highest BCUT2D eigenvalue weighted by Crippen LogP contribution is 2.12. The number of aromatic nitrogens is 3. The molecule has 0 saturated carbocycles. The molecule has 4 nitrogen and oxygen atoms in total. The van der Waals surface area contributed by atoms with E-state index in [0.717, 1.165) is 29.3 Å². The minimum absolute atomic E-state index is 0.750. The Morgan fingerprint density at radius 3 is 2.92 bits per heavy atom. The summed E-state index contributed by atoms with van der Waals surface area (Å²) in [6.07, 6.45) is 0.848. The molecule has 0 radical (unpaired) electrons. The molecule has 0 unspecified atom stereocenters. The fourth-order valence-corrected chi connectivity index (χ4v) is 1.28. The number of nitrogens with two attached hydrogens (primary N) is 1. The van der Waals surface area contributed by atoms with Gasteiger partial charge in [-0.15, -0.1) is 0 Å². The minimum atomic E-state index is 0.750.